The molecule has 5 rings (SSSR count). The number of amides is 1. The van der Waals surface area contributed by atoms with E-state index in [9.17, 15) is 14.7 Å². The first kappa shape index (κ1) is 19.5. The number of rotatable bonds is 2. The van der Waals surface area contributed by atoms with Crippen molar-refractivity contribution in [1.29, 1.82) is 0 Å². The van der Waals surface area contributed by atoms with Crippen molar-refractivity contribution in [3.05, 3.63) is 46.1 Å². The Kier molecular flexibility index (Phi) is 4.43. The molecule has 4 aromatic heterocycles. The molecule has 1 fully saturated rings. The van der Waals surface area contributed by atoms with Gasteiger partial charge in [-0.15, -0.1) is 0 Å². The molecule has 1 atom stereocenters. The van der Waals surface area contributed by atoms with E-state index in [0.29, 0.717) is 36.0 Å². The molecular formula is C20H21N7O3S. The van der Waals surface area contributed by atoms with Crippen LogP contribution in [-0.4, -0.2) is 65.8 Å². The summed E-state index contributed by atoms with van der Waals surface area (Å²) in [4.78, 5) is 37.4. The number of aromatic nitrogens is 5. The lowest BCUT2D eigenvalue weighted by Gasteiger charge is -2.38. The molecule has 0 bridgehead atoms. The highest BCUT2D eigenvalue weighted by molar-refractivity contribution is 7.20. The molecule has 5 heterocycles. The van der Waals surface area contributed by atoms with Crippen molar-refractivity contribution in [2.24, 2.45) is 0 Å². The minimum absolute atomic E-state index is 0.130. The molecule has 0 radical (unpaired) electrons. The van der Waals surface area contributed by atoms with Crippen molar-refractivity contribution >= 4 is 33.0 Å². The monoisotopic (exact) mass is 439 g/mol. The van der Waals surface area contributed by atoms with Crippen LogP contribution in [0.4, 0.5) is 9.80 Å². The van der Waals surface area contributed by atoms with Gasteiger partial charge in [0.05, 0.1) is 17.6 Å². The summed E-state index contributed by atoms with van der Waals surface area (Å²) < 4.78 is 3.25. The van der Waals surface area contributed by atoms with Gasteiger partial charge in [0.15, 0.2) is 10.6 Å². The fraction of sp³-hybridized carbons (Fsp3) is 0.350. The van der Waals surface area contributed by atoms with Gasteiger partial charge in [0, 0.05) is 37.9 Å². The Balaban J connectivity index is 1.52. The molecule has 0 aromatic carbocycles. The second-order valence-electron chi connectivity index (χ2n) is 7.84. The smallest absolute Gasteiger partial charge is 0.407 e. The Morgan fingerprint density at radius 1 is 1.16 bits per heavy atom. The van der Waals surface area contributed by atoms with Gasteiger partial charge in [0.25, 0.3) is 5.56 Å². The number of fused-ring (bicyclic) bond motifs is 2. The third-order valence-corrected chi connectivity index (χ3v) is 6.58. The van der Waals surface area contributed by atoms with Gasteiger partial charge in [-0.2, -0.15) is 5.10 Å². The number of thiazole rings is 1. The van der Waals surface area contributed by atoms with E-state index in [1.807, 2.05) is 33.0 Å². The average molecular weight is 440 g/mol. The Morgan fingerprint density at radius 3 is 2.71 bits per heavy atom. The van der Waals surface area contributed by atoms with Crippen molar-refractivity contribution in [3.8, 4) is 11.4 Å². The van der Waals surface area contributed by atoms with E-state index in [4.69, 9.17) is 4.98 Å². The van der Waals surface area contributed by atoms with Crippen molar-refractivity contribution in [1.82, 2.24) is 28.9 Å². The molecule has 4 aromatic rings. The standard InChI is InChI=1S/C20H21N7O3S/c1-11-6-15(23-27-8-12(2)21-18(11)27)14-7-16(28)26-10-17(31-19(26)22-14)24-4-5-25(20(29)30)13(3)9-24/h6-8,10,13H,4-5,9H2,1-3H3,(H,29,30)/t13-/m1/s1. The Labute approximate surface area is 181 Å². The first-order chi connectivity index (χ1) is 14.8. The third-order valence-electron chi connectivity index (χ3n) is 5.53. The summed E-state index contributed by atoms with van der Waals surface area (Å²) in [5.74, 6) is 0. The largest absolute Gasteiger partial charge is 0.465 e. The highest BCUT2D eigenvalue weighted by atomic mass is 32.1. The fourth-order valence-electron chi connectivity index (χ4n) is 3.98. The number of hydrogen-bond donors (Lipinski definition) is 1. The van der Waals surface area contributed by atoms with E-state index in [-0.39, 0.29) is 11.6 Å². The first-order valence-electron chi connectivity index (χ1n) is 9.92. The zero-order chi connectivity index (χ0) is 21.9. The van der Waals surface area contributed by atoms with Crippen LogP contribution in [0.25, 0.3) is 22.0 Å². The predicted molar refractivity (Wildman–Crippen MR) is 117 cm³/mol. The van der Waals surface area contributed by atoms with Crippen LogP contribution in [0.1, 0.15) is 18.2 Å². The second kappa shape index (κ2) is 7.05. The quantitative estimate of drug-likeness (QED) is 0.510. The summed E-state index contributed by atoms with van der Waals surface area (Å²) in [6, 6.07) is 3.25. The molecule has 1 amide bonds. The Bertz CT molecular complexity index is 1390. The van der Waals surface area contributed by atoms with Crippen molar-refractivity contribution in [2.75, 3.05) is 24.5 Å². The lowest BCUT2D eigenvalue weighted by molar-refractivity contribution is 0.123. The van der Waals surface area contributed by atoms with Gasteiger partial charge in [-0.25, -0.2) is 19.3 Å². The summed E-state index contributed by atoms with van der Waals surface area (Å²) >= 11 is 1.42. The molecule has 1 saturated heterocycles. The van der Waals surface area contributed by atoms with Crippen LogP contribution in [0, 0.1) is 13.8 Å². The number of carboxylic acid groups (broad SMARTS) is 1. The summed E-state index contributed by atoms with van der Waals surface area (Å²) in [5, 5.41) is 14.8. The first-order valence-corrected chi connectivity index (χ1v) is 10.7. The summed E-state index contributed by atoms with van der Waals surface area (Å²) in [5.41, 5.74) is 3.56. The maximum Gasteiger partial charge on any atom is 0.407 e. The zero-order valence-corrected chi connectivity index (χ0v) is 18.1. The zero-order valence-electron chi connectivity index (χ0n) is 17.3. The lowest BCUT2D eigenvalue weighted by Crippen LogP contribution is -2.53. The van der Waals surface area contributed by atoms with Crippen LogP contribution in [-0.2, 0) is 0 Å². The highest BCUT2D eigenvalue weighted by Crippen LogP contribution is 2.28. The van der Waals surface area contributed by atoms with E-state index in [2.05, 4.69) is 15.0 Å². The number of hydrogen-bond acceptors (Lipinski definition) is 7. The molecule has 0 saturated carbocycles. The maximum absolute atomic E-state index is 12.8. The van der Waals surface area contributed by atoms with E-state index < -0.39 is 6.09 Å². The number of imidazole rings is 1. The van der Waals surface area contributed by atoms with Gasteiger partial charge in [0.2, 0.25) is 0 Å². The summed E-state index contributed by atoms with van der Waals surface area (Å²) in [7, 11) is 0. The molecule has 160 valence electrons. The van der Waals surface area contributed by atoms with E-state index >= 15 is 0 Å². The highest BCUT2D eigenvalue weighted by Gasteiger charge is 2.28. The van der Waals surface area contributed by atoms with Crippen molar-refractivity contribution in [3.63, 3.8) is 0 Å². The minimum atomic E-state index is -0.904. The minimum Gasteiger partial charge on any atom is -0.465 e. The van der Waals surface area contributed by atoms with Gasteiger partial charge < -0.3 is 14.9 Å². The van der Waals surface area contributed by atoms with E-state index in [1.54, 1.807) is 10.7 Å². The number of anilines is 1. The summed E-state index contributed by atoms with van der Waals surface area (Å²) in [6.07, 6.45) is 2.72. The normalized spacial score (nSPS) is 17.1. The SMILES string of the molecule is Cc1cn2nc(-c3cc(=O)n4cc(N5CCN(C(=O)O)[C@H](C)C5)sc4n3)cc(C)c2n1. The number of nitrogens with zero attached hydrogens (tertiary/aromatic N) is 7. The third kappa shape index (κ3) is 3.30. The van der Waals surface area contributed by atoms with Gasteiger partial charge in [0.1, 0.15) is 10.7 Å². The molecular weight excluding hydrogens is 418 g/mol. The number of carbonyl (C=O) groups is 1. The average Bonchev–Trinajstić information content (AvgIpc) is 3.31. The van der Waals surface area contributed by atoms with Crippen LogP contribution in [0.15, 0.2) is 29.3 Å². The summed E-state index contributed by atoms with van der Waals surface area (Å²) in [6.45, 7) is 7.32. The van der Waals surface area contributed by atoms with E-state index in [0.717, 1.165) is 21.9 Å². The molecule has 1 aliphatic rings. The van der Waals surface area contributed by atoms with Crippen LogP contribution in [0.5, 0.6) is 0 Å². The molecule has 0 aliphatic carbocycles. The van der Waals surface area contributed by atoms with Gasteiger partial charge >= 0.3 is 6.09 Å². The number of aryl methyl sites for hydroxylation is 2. The second-order valence-corrected chi connectivity index (χ2v) is 8.82. The lowest BCUT2D eigenvalue weighted by atomic mass is 10.2. The molecule has 1 aliphatic heterocycles. The molecule has 10 nitrogen and oxygen atoms in total. The van der Waals surface area contributed by atoms with Crippen LogP contribution in [0.2, 0.25) is 0 Å². The number of piperazine rings is 1. The maximum atomic E-state index is 12.8. The topological polar surface area (TPSA) is 108 Å². The molecule has 1 N–H and O–H groups in total. The predicted octanol–water partition coefficient (Wildman–Crippen LogP) is 2.27. The molecule has 31 heavy (non-hydrogen) atoms. The van der Waals surface area contributed by atoms with Gasteiger partial charge in [-0.1, -0.05) is 11.3 Å². The molecule has 0 spiro atoms. The van der Waals surface area contributed by atoms with Gasteiger partial charge in [-0.05, 0) is 32.4 Å². The van der Waals surface area contributed by atoms with Crippen LogP contribution in [0.3, 0.4) is 0 Å². The van der Waals surface area contributed by atoms with Crippen molar-refractivity contribution < 1.29 is 9.90 Å². The fourth-order valence-corrected chi connectivity index (χ4v) is 5.01. The molecule has 0 unspecified atom stereocenters. The Hall–Kier alpha value is -3.47. The van der Waals surface area contributed by atoms with Crippen LogP contribution < -0.4 is 10.5 Å². The van der Waals surface area contributed by atoms with Crippen LogP contribution >= 0.6 is 11.3 Å². The Morgan fingerprint density at radius 2 is 1.97 bits per heavy atom. The van der Waals surface area contributed by atoms with Crippen molar-refractivity contribution in [2.45, 2.75) is 26.8 Å². The van der Waals surface area contributed by atoms with E-state index in [1.165, 1.54) is 26.7 Å². The molecule has 11 heteroatoms. The van der Waals surface area contributed by atoms with Gasteiger partial charge in [-0.3, -0.25) is 9.20 Å².